The molecule has 2 aliphatic rings. The lowest BCUT2D eigenvalue weighted by atomic mass is 9.81. The molecule has 0 aromatic carbocycles. The SMILES string of the molecule is CCC1CCC(CNC(=O)C(C)=C2CNC2)CC1. The van der Waals surface area contributed by atoms with Crippen LogP contribution in [0, 0.1) is 11.8 Å². The second kappa shape index (κ2) is 6.37. The third-order valence-electron chi connectivity index (χ3n) is 4.64. The number of amides is 1. The molecule has 1 amide bonds. The largest absolute Gasteiger partial charge is 0.352 e. The van der Waals surface area contributed by atoms with Gasteiger partial charge in [0.2, 0.25) is 5.91 Å². The average Bonchev–Trinajstić information content (AvgIpc) is 2.34. The van der Waals surface area contributed by atoms with E-state index in [2.05, 4.69) is 17.6 Å². The summed E-state index contributed by atoms with van der Waals surface area (Å²) in [4.78, 5) is 11.9. The van der Waals surface area contributed by atoms with E-state index in [1.54, 1.807) is 0 Å². The second-order valence-electron chi connectivity index (χ2n) is 5.84. The molecule has 2 fully saturated rings. The Morgan fingerprint density at radius 3 is 2.33 bits per heavy atom. The third-order valence-corrected chi connectivity index (χ3v) is 4.64. The first-order valence-corrected chi connectivity index (χ1v) is 7.38. The lowest BCUT2D eigenvalue weighted by Gasteiger charge is -2.28. The van der Waals surface area contributed by atoms with Gasteiger partial charge >= 0.3 is 0 Å². The maximum Gasteiger partial charge on any atom is 0.246 e. The molecule has 2 N–H and O–H groups in total. The topological polar surface area (TPSA) is 41.1 Å². The van der Waals surface area contributed by atoms with Crippen molar-refractivity contribution in [1.82, 2.24) is 10.6 Å². The fourth-order valence-electron chi connectivity index (χ4n) is 2.89. The summed E-state index contributed by atoms with van der Waals surface area (Å²) in [6.07, 6.45) is 6.59. The van der Waals surface area contributed by atoms with Gasteiger partial charge in [-0.25, -0.2) is 0 Å². The van der Waals surface area contributed by atoms with E-state index in [4.69, 9.17) is 0 Å². The molecule has 3 heteroatoms. The predicted molar refractivity (Wildman–Crippen MR) is 74.3 cm³/mol. The van der Waals surface area contributed by atoms with Gasteiger partial charge in [-0.2, -0.15) is 0 Å². The van der Waals surface area contributed by atoms with Gasteiger partial charge in [-0.3, -0.25) is 4.79 Å². The van der Waals surface area contributed by atoms with Crippen molar-refractivity contribution in [3.63, 3.8) is 0 Å². The fraction of sp³-hybridized carbons (Fsp3) is 0.800. The zero-order valence-corrected chi connectivity index (χ0v) is 11.7. The van der Waals surface area contributed by atoms with Gasteiger partial charge in [-0.15, -0.1) is 0 Å². The molecule has 0 aromatic heterocycles. The first kappa shape index (κ1) is 13.6. The molecule has 18 heavy (non-hydrogen) atoms. The van der Waals surface area contributed by atoms with Crippen LogP contribution in [-0.4, -0.2) is 25.5 Å². The summed E-state index contributed by atoms with van der Waals surface area (Å²) in [5.74, 6) is 1.78. The minimum absolute atomic E-state index is 0.143. The van der Waals surface area contributed by atoms with E-state index in [-0.39, 0.29) is 5.91 Å². The molecular weight excluding hydrogens is 224 g/mol. The van der Waals surface area contributed by atoms with Gasteiger partial charge in [0, 0.05) is 25.2 Å². The maximum absolute atomic E-state index is 11.9. The van der Waals surface area contributed by atoms with Gasteiger partial charge in [-0.1, -0.05) is 26.2 Å². The fourth-order valence-corrected chi connectivity index (χ4v) is 2.89. The lowest BCUT2D eigenvalue weighted by Crippen LogP contribution is -2.38. The van der Waals surface area contributed by atoms with Gasteiger partial charge in [0.1, 0.15) is 0 Å². The molecule has 0 unspecified atom stereocenters. The second-order valence-corrected chi connectivity index (χ2v) is 5.84. The number of hydrogen-bond acceptors (Lipinski definition) is 2. The van der Waals surface area contributed by atoms with Crippen LogP contribution in [0.5, 0.6) is 0 Å². The molecule has 0 atom stereocenters. The van der Waals surface area contributed by atoms with Crippen LogP contribution in [0.3, 0.4) is 0 Å². The van der Waals surface area contributed by atoms with E-state index >= 15 is 0 Å². The molecule has 1 saturated heterocycles. The summed E-state index contributed by atoms with van der Waals surface area (Å²) in [5.41, 5.74) is 2.19. The summed E-state index contributed by atoms with van der Waals surface area (Å²) in [6, 6.07) is 0. The van der Waals surface area contributed by atoms with Gasteiger partial charge in [0.05, 0.1) is 0 Å². The Balaban J connectivity index is 1.70. The Morgan fingerprint density at radius 2 is 1.83 bits per heavy atom. The summed E-state index contributed by atoms with van der Waals surface area (Å²) in [5, 5.41) is 6.29. The van der Waals surface area contributed by atoms with E-state index < -0.39 is 0 Å². The highest BCUT2D eigenvalue weighted by Gasteiger charge is 2.21. The van der Waals surface area contributed by atoms with Crippen molar-refractivity contribution in [2.45, 2.75) is 46.0 Å². The van der Waals surface area contributed by atoms with Crippen molar-refractivity contribution >= 4 is 5.91 Å². The highest BCUT2D eigenvalue weighted by Crippen LogP contribution is 2.30. The van der Waals surface area contributed by atoms with Crippen molar-refractivity contribution < 1.29 is 4.79 Å². The molecule has 1 saturated carbocycles. The van der Waals surface area contributed by atoms with E-state index in [1.807, 2.05) is 6.92 Å². The van der Waals surface area contributed by atoms with Crippen molar-refractivity contribution in [2.75, 3.05) is 19.6 Å². The maximum atomic E-state index is 11.9. The number of nitrogens with one attached hydrogen (secondary N) is 2. The first-order valence-electron chi connectivity index (χ1n) is 7.38. The predicted octanol–water partition coefficient (Wildman–Crippen LogP) is 2.24. The Bertz CT molecular complexity index is 321. The van der Waals surface area contributed by atoms with Crippen LogP contribution >= 0.6 is 0 Å². The van der Waals surface area contributed by atoms with Gasteiger partial charge in [-0.05, 0) is 37.2 Å². The Kier molecular flexibility index (Phi) is 4.81. The minimum atomic E-state index is 0.143. The number of hydrogen-bond donors (Lipinski definition) is 2. The molecule has 1 aliphatic heterocycles. The highest BCUT2D eigenvalue weighted by molar-refractivity contribution is 5.93. The zero-order chi connectivity index (χ0) is 13.0. The van der Waals surface area contributed by atoms with Crippen LogP contribution in [0.4, 0.5) is 0 Å². The summed E-state index contributed by atoms with van der Waals surface area (Å²) in [7, 11) is 0. The van der Waals surface area contributed by atoms with Crippen molar-refractivity contribution in [1.29, 1.82) is 0 Å². The molecule has 0 radical (unpaired) electrons. The average molecular weight is 250 g/mol. The summed E-state index contributed by atoms with van der Waals surface area (Å²) >= 11 is 0. The van der Waals surface area contributed by atoms with Crippen molar-refractivity contribution in [2.24, 2.45) is 11.8 Å². The molecule has 102 valence electrons. The van der Waals surface area contributed by atoms with Crippen LogP contribution in [-0.2, 0) is 4.79 Å². The monoisotopic (exact) mass is 250 g/mol. The quantitative estimate of drug-likeness (QED) is 0.751. The normalized spacial score (nSPS) is 27.6. The van der Waals surface area contributed by atoms with Crippen LogP contribution < -0.4 is 10.6 Å². The molecular formula is C15H26N2O. The zero-order valence-electron chi connectivity index (χ0n) is 11.7. The van der Waals surface area contributed by atoms with E-state index in [0.29, 0.717) is 5.92 Å². The minimum Gasteiger partial charge on any atom is -0.352 e. The number of rotatable bonds is 4. The molecule has 0 aromatic rings. The Morgan fingerprint density at radius 1 is 1.22 bits per heavy atom. The molecule has 2 rings (SSSR count). The first-order chi connectivity index (χ1) is 8.70. The van der Waals surface area contributed by atoms with E-state index in [9.17, 15) is 4.79 Å². The van der Waals surface area contributed by atoms with Crippen molar-refractivity contribution in [3.05, 3.63) is 11.1 Å². The third kappa shape index (κ3) is 3.35. The lowest BCUT2D eigenvalue weighted by molar-refractivity contribution is -0.117. The summed E-state index contributed by atoms with van der Waals surface area (Å²) in [6.45, 7) is 6.88. The number of carbonyl (C=O) groups is 1. The standard InChI is InChI=1S/C15H26N2O/c1-3-12-4-6-13(7-5-12)8-17-15(18)11(2)14-9-16-10-14/h12-13,16H,3-10H2,1-2H3,(H,17,18). The molecule has 0 bridgehead atoms. The van der Waals surface area contributed by atoms with Crippen LogP contribution in [0.25, 0.3) is 0 Å². The van der Waals surface area contributed by atoms with Crippen LogP contribution in [0.1, 0.15) is 46.0 Å². The molecule has 0 spiro atoms. The van der Waals surface area contributed by atoms with Gasteiger partial charge < -0.3 is 10.6 Å². The number of carbonyl (C=O) groups excluding carboxylic acids is 1. The Hall–Kier alpha value is -0.830. The smallest absolute Gasteiger partial charge is 0.246 e. The Labute approximate surface area is 110 Å². The van der Waals surface area contributed by atoms with Crippen LogP contribution in [0.15, 0.2) is 11.1 Å². The molecule has 3 nitrogen and oxygen atoms in total. The van der Waals surface area contributed by atoms with E-state index in [1.165, 1.54) is 37.7 Å². The van der Waals surface area contributed by atoms with Gasteiger partial charge in [0.25, 0.3) is 0 Å². The van der Waals surface area contributed by atoms with Crippen LogP contribution in [0.2, 0.25) is 0 Å². The van der Waals surface area contributed by atoms with Gasteiger partial charge in [0.15, 0.2) is 0 Å². The molecule has 1 heterocycles. The van der Waals surface area contributed by atoms with E-state index in [0.717, 1.165) is 31.1 Å². The highest BCUT2D eigenvalue weighted by atomic mass is 16.1. The summed E-state index contributed by atoms with van der Waals surface area (Å²) < 4.78 is 0. The molecule has 1 aliphatic carbocycles. The van der Waals surface area contributed by atoms with Crippen molar-refractivity contribution in [3.8, 4) is 0 Å².